The third kappa shape index (κ3) is 5.84. The third-order valence-electron chi connectivity index (χ3n) is 1.07. The number of halogens is 3. The van der Waals surface area contributed by atoms with E-state index in [1.54, 1.807) is 0 Å². The van der Waals surface area contributed by atoms with E-state index in [-0.39, 0.29) is 0 Å². The lowest BCUT2D eigenvalue weighted by atomic mass is 10.3. The van der Waals surface area contributed by atoms with Gasteiger partial charge in [0.15, 0.2) is 5.78 Å². The summed E-state index contributed by atoms with van der Waals surface area (Å²) >= 11 is 0. The summed E-state index contributed by atoms with van der Waals surface area (Å²) < 4.78 is 38.5. The summed E-state index contributed by atoms with van der Waals surface area (Å²) in [4.78, 5) is 10.4. The van der Waals surface area contributed by atoms with Crippen LogP contribution in [0.5, 0.6) is 0 Å². The Morgan fingerprint density at radius 1 is 1.55 bits per heavy atom. The molecule has 0 aliphatic carbocycles. The Kier molecular flexibility index (Phi) is 3.51. The number of alkyl halides is 3. The van der Waals surface area contributed by atoms with Crippen LogP contribution in [0.1, 0.15) is 13.8 Å². The monoisotopic (exact) mass is 170 g/mol. The lowest BCUT2D eigenvalue weighted by Gasteiger charge is -2.11. The standard InChI is InChI=1S/C6H9F3O2/c1-4(10)5(2)11-3-6(7,8)9/h5H,3H2,1-2H3/t5-/m1/s1. The van der Waals surface area contributed by atoms with Crippen LogP contribution in [-0.2, 0) is 9.53 Å². The SMILES string of the molecule is CC(=O)[C@@H](C)OCC(F)(F)F. The quantitative estimate of drug-likeness (QED) is 0.642. The first-order valence-corrected chi connectivity index (χ1v) is 3.02. The summed E-state index contributed by atoms with van der Waals surface area (Å²) in [5, 5.41) is 0. The zero-order chi connectivity index (χ0) is 9.07. The predicted octanol–water partition coefficient (Wildman–Crippen LogP) is 1.54. The smallest absolute Gasteiger partial charge is 0.361 e. The molecule has 2 nitrogen and oxygen atoms in total. The lowest BCUT2D eigenvalue weighted by Crippen LogP contribution is -2.25. The molecule has 0 N–H and O–H groups in total. The van der Waals surface area contributed by atoms with E-state index in [4.69, 9.17) is 0 Å². The van der Waals surface area contributed by atoms with E-state index in [2.05, 4.69) is 4.74 Å². The fourth-order valence-corrected chi connectivity index (χ4v) is 0.337. The molecule has 0 fully saturated rings. The van der Waals surface area contributed by atoms with Gasteiger partial charge in [0.05, 0.1) is 0 Å². The molecule has 0 amide bonds. The summed E-state index contributed by atoms with van der Waals surface area (Å²) in [7, 11) is 0. The van der Waals surface area contributed by atoms with Gasteiger partial charge in [-0.3, -0.25) is 4.79 Å². The van der Waals surface area contributed by atoms with Crippen molar-refractivity contribution in [1.29, 1.82) is 0 Å². The fraction of sp³-hybridized carbons (Fsp3) is 0.833. The molecule has 0 radical (unpaired) electrons. The number of Topliss-reactive ketones (excluding diaryl/α,β-unsaturated/α-hetero) is 1. The highest BCUT2D eigenvalue weighted by molar-refractivity contribution is 5.79. The molecule has 0 aromatic heterocycles. The average Bonchev–Trinajstić information content (AvgIpc) is 1.80. The van der Waals surface area contributed by atoms with Crippen molar-refractivity contribution in [2.24, 2.45) is 0 Å². The van der Waals surface area contributed by atoms with Crippen LogP contribution in [0.4, 0.5) is 13.2 Å². The molecule has 5 heteroatoms. The normalized spacial score (nSPS) is 14.6. The van der Waals surface area contributed by atoms with Gasteiger partial charge < -0.3 is 4.74 Å². The number of carbonyl (C=O) groups excluding carboxylic acids is 1. The Labute approximate surface area is 62.3 Å². The second-order valence-electron chi connectivity index (χ2n) is 2.18. The first kappa shape index (κ1) is 10.4. The van der Waals surface area contributed by atoms with Crippen LogP contribution in [0.2, 0.25) is 0 Å². The molecule has 0 rings (SSSR count). The van der Waals surface area contributed by atoms with Gasteiger partial charge in [-0.15, -0.1) is 0 Å². The first-order chi connectivity index (χ1) is 4.83. The van der Waals surface area contributed by atoms with Crippen LogP contribution >= 0.6 is 0 Å². The topological polar surface area (TPSA) is 26.3 Å². The van der Waals surface area contributed by atoms with E-state index >= 15 is 0 Å². The molecular weight excluding hydrogens is 161 g/mol. The maximum Gasteiger partial charge on any atom is 0.411 e. The first-order valence-electron chi connectivity index (χ1n) is 3.02. The molecule has 0 aromatic carbocycles. The second kappa shape index (κ2) is 3.71. The maximum absolute atomic E-state index is 11.4. The van der Waals surface area contributed by atoms with Crippen molar-refractivity contribution in [3.63, 3.8) is 0 Å². The predicted molar refractivity (Wildman–Crippen MR) is 32.1 cm³/mol. The molecule has 0 aromatic rings. The van der Waals surface area contributed by atoms with Gasteiger partial charge in [-0.05, 0) is 13.8 Å². The van der Waals surface area contributed by atoms with Crippen molar-refractivity contribution >= 4 is 5.78 Å². The molecule has 0 aliphatic heterocycles. The number of ether oxygens (including phenoxy) is 1. The Morgan fingerprint density at radius 3 is 2.27 bits per heavy atom. The van der Waals surface area contributed by atoms with Gasteiger partial charge in [-0.1, -0.05) is 0 Å². The molecule has 0 heterocycles. The van der Waals surface area contributed by atoms with Crippen LogP contribution in [0, 0.1) is 0 Å². The number of carbonyl (C=O) groups is 1. The number of hydrogen-bond donors (Lipinski definition) is 0. The van der Waals surface area contributed by atoms with Gasteiger partial charge in [-0.2, -0.15) is 13.2 Å². The van der Waals surface area contributed by atoms with Crippen LogP contribution < -0.4 is 0 Å². The van der Waals surface area contributed by atoms with Gasteiger partial charge >= 0.3 is 6.18 Å². The highest BCUT2D eigenvalue weighted by Crippen LogP contribution is 2.15. The van der Waals surface area contributed by atoms with E-state index in [0.717, 1.165) is 0 Å². The molecule has 11 heavy (non-hydrogen) atoms. The number of hydrogen-bond acceptors (Lipinski definition) is 2. The van der Waals surface area contributed by atoms with Crippen molar-refractivity contribution in [2.45, 2.75) is 26.1 Å². The number of ketones is 1. The van der Waals surface area contributed by atoms with Crippen molar-refractivity contribution < 1.29 is 22.7 Å². The van der Waals surface area contributed by atoms with Crippen molar-refractivity contribution in [1.82, 2.24) is 0 Å². The largest absolute Gasteiger partial charge is 0.411 e. The van der Waals surface area contributed by atoms with Crippen LogP contribution in [0.3, 0.4) is 0 Å². The molecule has 0 unspecified atom stereocenters. The molecule has 66 valence electrons. The highest BCUT2D eigenvalue weighted by atomic mass is 19.4. The van der Waals surface area contributed by atoms with Gasteiger partial charge in [0.25, 0.3) is 0 Å². The van der Waals surface area contributed by atoms with Crippen molar-refractivity contribution in [3.05, 3.63) is 0 Å². The van der Waals surface area contributed by atoms with E-state index in [1.165, 1.54) is 13.8 Å². The minimum absolute atomic E-state index is 0.408. The van der Waals surface area contributed by atoms with Gasteiger partial charge in [0, 0.05) is 0 Å². The highest BCUT2D eigenvalue weighted by Gasteiger charge is 2.29. The van der Waals surface area contributed by atoms with Crippen molar-refractivity contribution in [2.75, 3.05) is 6.61 Å². The van der Waals surface area contributed by atoms with Gasteiger partial charge in [0.2, 0.25) is 0 Å². The maximum atomic E-state index is 11.4. The minimum Gasteiger partial charge on any atom is -0.361 e. The fourth-order valence-electron chi connectivity index (χ4n) is 0.337. The molecule has 0 saturated carbocycles. The summed E-state index contributed by atoms with van der Waals surface area (Å²) in [6.45, 7) is 1.10. The zero-order valence-corrected chi connectivity index (χ0v) is 6.23. The summed E-state index contributed by atoms with van der Waals surface area (Å²) in [5.41, 5.74) is 0. The zero-order valence-electron chi connectivity index (χ0n) is 6.23. The lowest BCUT2D eigenvalue weighted by molar-refractivity contribution is -0.184. The Bertz CT molecular complexity index is 141. The van der Waals surface area contributed by atoms with Crippen LogP contribution in [0.25, 0.3) is 0 Å². The molecule has 0 spiro atoms. The molecule has 0 aliphatic rings. The molecular formula is C6H9F3O2. The van der Waals surface area contributed by atoms with Gasteiger partial charge in [0.1, 0.15) is 12.7 Å². The molecule has 0 bridgehead atoms. The minimum atomic E-state index is -4.36. The second-order valence-corrected chi connectivity index (χ2v) is 2.18. The van der Waals surface area contributed by atoms with Crippen LogP contribution in [-0.4, -0.2) is 24.7 Å². The third-order valence-corrected chi connectivity index (χ3v) is 1.07. The summed E-state index contributed by atoms with van der Waals surface area (Å²) in [6.07, 6.45) is -5.33. The summed E-state index contributed by atoms with van der Waals surface area (Å²) in [6, 6.07) is 0. The van der Waals surface area contributed by atoms with Crippen LogP contribution in [0.15, 0.2) is 0 Å². The Morgan fingerprint density at radius 2 is 2.00 bits per heavy atom. The van der Waals surface area contributed by atoms with E-state index < -0.39 is 24.7 Å². The van der Waals surface area contributed by atoms with E-state index in [0.29, 0.717) is 0 Å². The van der Waals surface area contributed by atoms with E-state index in [1.807, 2.05) is 0 Å². The Hall–Kier alpha value is -0.580. The molecule has 0 saturated heterocycles. The van der Waals surface area contributed by atoms with E-state index in [9.17, 15) is 18.0 Å². The van der Waals surface area contributed by atoms with Crippen molar-refractivity contribution in [3.8, 4) is 0 Å². The molecule has 1 atom stereocenters. The Balaban J connectivity index is 3.63. The summed E-state index contributed by atoms with van der Waals surface area (Å²) in [5.74, 6) is -0.408. The number of rotatable bonds is 3. The van der Waals surface area contributed by atoms with Gasteiger partial charge in [-0.25, -0.2) is 0 Å². The average molecular weight is 170 g/mol.